The van der Waals surface area contributed by atoms with Gasteiger partial charge in [0.15, 0.2) is 0 Å². The summed E-state index contributed by atoms with van der Waals surface area (Å²) in [6, 6.07) is 40.9. The number of aromatic nitrogens is 1. The van der Waals surface area contributed by atoms with Crippen LogP contribution in [0.5, 0.6) is 0 Å². The second kappa shape index (κ2) is 7.78. The van der Waals surface area contributed by atoms with E-state index in [-0.39, 0.29) is 0 Å². The lowest BCUT2D eigenvalue weighted by Gasteiger charge is -2.18. The molecule has 0 aliphatic carbocycles. The average molecular weight is 472 g/mol. The maximum atomic E-state index is 6.26. The summed E-state index contributed by atoms with van der Waals surface area (Å²) in [6.07, 6.45) is 3.92. The van der Waals surface area contributed by atoms with Crippen LogP contribution in [0.2, 0.25) is 0 Å². The molecular formula is C35H21NO. The molecule has 0 saturated carbocycles. The van der Waals surface area contributed by atoms with E-state index in [0.717, 1.165) is 27.3 Å². The SMILES string of the molecule is c1ccc2cc(-c3c4ccccc4c(-c4cccc5oc6ccccc6c45)c4cnccc34)ccc2c1. The van der Waals surface area contributed by atoms with Crippen LogP contribution in [0.4, 0.5) is 0 Å². The number of para-hydroxylation sites is 1. The van der Waals surface area contributed by atoms with Crippen LogP contribution in [0.3, 0.4) is 0 Å². The minimum atomic E-state index is 0.901. The molecule has 8 aromatic rings. The van der Waals surface area contributed by atoms with E-state index in [9.17, 15) is 0 Å². The number of rotatable bonds is 2. The zero-order chi connectivity index (χ0) is 24.3. The Hall–Kier alpha value is -4.95. The molecule has 0 radical (unpaired) electrons. The molecule has 0 amide bonds. The Kier molecular flexibility index (Phi) is 4.26. The van der Waals surface area contributed by atoms with Crippen LogP contribution in [0, 0.1) is 0 Å². The summed E-state index contributed by atoms with van der Waals surface area (Å²) in [5, 5.41) is 9.55. The van der Waals surface area contributed by atoms with Gasteiger partial charge < -0.3 is 4.42 Å². The summed E-state index contributed by atoms with van der Waals surface area (Å²) in [5.41, 5.74) is 6.63. The second-order valence-electron chi connectivity index (χ2n) is 9.56. The van der Waals surface area contributed by atoms with E-state index in [0.29, 0.717) is 0 Å². The Bertz CT molecular complexity index is 2090. The van der Waals surface area contributed by atoms with Gasteiger partial charge in [-0.15, -0.1) is 0 Å². The molecule has 0 saturated heterocycles. The van der Waals surface area contributed by atoms with E-state index in [1.165, 1.54) is 49.2 Å². The zero-order valence-electron chi connectivity index (χ0n) is 20.0. The normalized spacial score (nSPS) is 11.8. The summed E-state index contributed by atoms with van der Waals surface area (Å²) in [7, 11) is 0. The summed E-state index contributed by atoms with van der Waals surface area (Å²) in [6.45, 7) is 0. The van der Waals surface area contributed by atoms with Gasteiger partial charge in [0.2, 0.25) is 0 Å². The molecule has 0 atom stereocenters. The van der Waals surface area contributed by atoms with Gasteiger partial charge in [-0.1, -0.05) is 91.0 Å². The Morgan fingerprint density at radius 2 is 1.19 bits per heavy atom. The lowest BCUT2D eigenvalue weighted by molar-refractivity contribution is 0.669. The van der Waals surface area contributed by atoms with Crippen LogP contribution < -0.4 is 0 Å². The minimum absolute atomic E-state index is 0.901. The number of fused-ring (bicyclic) bond motifs is 6. The Morgan fingerprint density at radius 1 is 0.486 bits per heavy atom. The molecule has 2 heteroatoms. The molecule has 0 N–H and O–H groups in total. The molecule has 2 heterocycles. The Morgan fingerprint density at radius 3 is 2.08 bits per heavy atom. The maximum absolute atomic E-state index is 6.26. The fourth-order valence-electron chi connectivity index (χ4n) is 5.95. The number of nitrogens with zero attached hydrogens (tertiary/aromatic N) is 1. The fourth-order valence-corrected chi connectivity index (χ4v) is 5.95. The van der Waals surface area contributed by atoms with Crippen LogP contribution in [0.15, 0.2) is 132 Å². The molecule has 8 rings (SSSR count). The van der Waals surface area contributed by atoms with Crippen molar-refractivity contribution >= 4 is 54.3 Å². The van der Waals surface area contributed by atoms with E-state index in [4.69, 9.17) is 4.42 Å². The molecule has 0 unspecified atom stereocenters. The van der Waals surface area contributed by atoms with Crippen molar-refractivity contribution in [1.29, 1.82) is 0 Å². The predicted octanol–water partition coefficient (Wildman–Crippen LogP) is 9.77. The molecular weight excluding hydrogens is 450 g/mol. The van der Waals surface area contributed by atoms with Crippen LogP contribution in [0.25, 0.3) is 76.5 Å². The third kappa shape index (κ3) is 2.96. The summed E-state index contributed by atoms with van der Waals surface area (Å²) >= 11 is 0. The molecule has 0 fully saturated rings. The van der Waals surface area contributed by atoms with Crippen molar-refractivity contribution in [2.24, 2.45) is 0 Å². The lowest BCUT2D eigenvalue weighted by Crippen LogP contribution is -1.92. The summed E-state index contributed by atoms with van der Waals surface area (Å²) in [5.74, 6) is 0. The van der Waals surface area contributed by atoms with Gasteiger partial charge in [-0.25, -0.2) is 0 Å². The molecule has 0 spiro atoms. The van der Waals surface area contributed by atoms with Crippen LogP contribution >= 0.6 is 0 Å². The highest BCUT2D eigenvalue weighted by molar-refractivity contribution is 6.25. The van der Waals surface area contributed by atoms with Gasteiger partial charge >= 0.3 is 0 Å². The maximum Gasteiger partial charge on any atom is 0.136 e. The second-order valence-corrected chi connectivity index (χ2v) is 9.56. The molecule has 0 aliphatic heterocycles. The molecule has 6 aromatic carbocycles. The third-order valence-corrected chi connectivity index (χ3v) is 7.54. The third-order valence-electron chi connectivity index (χ3n) is 7.54. The van der Waals surface area contributed by atoms with Crippen molar-refractivity contribution in [3.8, 4) is 22.3 Å². The first-order valence-electron chi connectivity index (χ1n) is 12.5. The van der Waals surface area contributed by atoms with Gasteiger partial charge in [0.05, 0.1) is 0 Å². The highest BCUT2D eigenvalue weighted by Gasteiger charge is 2.20. The fraction of sp³-hybridized carbons (Fsp3) is 0. The number of hydrogen-bond acceptors (Lipinski definition) is 2. The van der Waals surface area contributed by atoms with Crippen molar-refractivity contribution in [3.63, 3.8) is 0 Å². The molecule has 2 aromatic heterocycles. The van der Waals surface area contributed by atoms with Gasteiger partial charge in [-0.05, 0) is 73.5 Å². The van der Waals surface area contributed by atoms with E-state index in [1.807, 2.05) is 24.5 Å². The summed E-state index contributed by atoms with van der Waals surface area (Å²) < 4.78 is 6.26. The van der Waals surface area contributed by atoms with Gasteiger partial charge in [-0.3, -0.25) is 4.98 Å². The van der Waals surface area contributed by atoms with E-state index < -0.39 is 0 Å². The monoisotopic (exact) mass is 471 g/mol. The molecule has 172 valence electrons. The largest absolute Gasteiger partial charge is 0.456 e. The highest BCUT2D eigenvalue weighted by Crippen LogP contribution is 2.46. The van der Waals surface area contributed by atoms with Crippen molar-refractivity contribution in [3.05, 3.63) is 128 Å². The van der Waals surface area contributed by atoms with Gasteiger partial charge in [0.25, 0.3) is 0 Å². The van der Waals surface area contributed by atoms with Gasteiger partial charge in [0.1, 0.15) is 11.2 Å². The van der Waals surface area contributed by atoms with Gasteiger partial charge in [-0.2, -0.15) is 0 Å². The molecule has 0 aliphatic rings. The quantitative estimate of drug-likeness (QED) is 0.235. The van der Waals surface area contributed by atoms with Crippen LogP contribution in [-0.4, -0.2) is 4.98 Å². The number of pyridine rings is 1. The standard InChI is InChI=1S/C35H21NO/c1-2-9-23-20-24(17-16-22(23)8-1)33-25-10-3-4-11-26(25)34(30-21-36-19-18-27(30)33)29-13-7-15-32-35(29)28-12-5-6-14-31(28)37-32/h1-21H. The Balaban J connectivity index is 1.55. The zero-order valence-corrected chi connectivity index (χ0v) is 20.0. The highest BCUT2D eigenvalue weighted by atomic mass is 16.3. The molecule has 2 nitrogen and oxygen atoms in total. The molecule has 0 bridgehead atoms. The van der Waals surface area contributed by atoms with Crippen molar-refractivity contribution in [1.82, 2.24) is 4.98 Å². The van der Waals surface area contributed by atoms with Crippen LogP contribution in [0.1, 0.15) is 0 Å². The topological polar surface area (TPSA) is 26.0 Å². The summed E-state index contributed by atoms with van der Waals surface area (Å²) in [4.78, 5) is 4.60. The van der Waals surface area contributed by atoms with Crippen molar-refractivity contribution < 1.29 is 4.42 Å². The first-order valence-corrected chi connectivity index (χ1v) is 12.5. The average Bonchev–Trinajstić information content (AvgIpc) is 3.35. The number of furan rings is 1. The minimum Gasteiger partial charge on any atom is -0.456 e. The van der Waals surface area contributed by atoms with Crippen LogP contribution in [-0.2, 0) is 0 Å². The van der Waals surface area contributed by atoms with Gasteiger partial charge in [0, 0.05) is 28.6 Å². The molecule has 37 heavy (non-hydrogen) atoms. The van der Waals surface area contributed by atoms with E-state index in [2.05, 4.69) is 108 Å². The first kappa shape index (κ1) is 20.3. The van der Waals surface area contributed by atoms with E-state index in [1.54, 1.807) is 0 Å². The predicted molar refractivity (Wildman–Crippen MR) is 155 cm³/mol. The van der Waals surface area contributed by atoms with Crippen molar-refractivity contribution in [2.45, 2.75) is 0 Å². The number of benzene rings is 6. The Labute approximate surface area is 213 Å². The number of hydrogen-bond donors (Lipinski definition) is 0. The lowest BCUT2D eigenvalue weighted by atomic mass is 9.85. The van der Waals surface area contributed by atoms with Crippen molar-refractivity contribution in [2.75, 3.05) is 0 Å². The van der Waals surface area contributed by atoms with E-state index >= 15 is 0 Å². The first-order chi connectivity index (χ1) is 18.4. The smallest absolute Gasteiger partial charge is 0.136 e.